The lowest BCUT2D eigenvalue weighted by Gasteiger charge is -2.35. The zero-order chi connectivity index (χ0) is 21.2. The number of nitrogens with one attached hydrogen (secondary N) is 1. The SMILES string of the molecule is Cc1ccc(C)c(S(=O)(=O)NCc2ccc(C(=O)N3C[C@H](C)C[C@H](C)C3)cc2)c1. The first-order valence-electron chi connectivity index (χ1n) is 10.1. The highest BCUT2D eigenvalue weighted by molar-refractivity contribution is 7.89. The molecule has 2 atom stereocenters. The maximum Gasteiger partial charge on any atom is 0.253 e. The van der Waals surface area contributed by atoms with E-state index in [1.54, 1.807) is 25.1 Å². The van der Waals surface area contributed by atoms with E-state index in [1.807, 2.05) is 36.1 Å². The lowest BCUT2D eigenvalue weighted by molar-refractivity contribution is 0.0623. The summed E-state index contributed by atoms with van der Waals surface area (Å²) in [6.07, 6.45) is 1.16. The van der Waals surface area contributed by atoms with Gasteiger partial charge in [0, 0.05) is 25.2 Å². The van der Waals surface area contributed by atoms with Crippen molar-refractivity contribution >= 4 is 15.9 Å². The van der Waals surface area contributed by atoms with Gasteiger partial charge in [0.1, 0.15) is 0 Å². The second-order valence-electron chi connectivity index (χ2n) is 8.45. The molecule has 0 radical (unpaired) electrons. The Morgan fingerprint density at radius 3 is 2.28 bits per heavy atom. The monoisotopic (exact) mass is 414 g/mol. The molecule has 1 fully saturated rings. The van der Waals surface area contributed by atoms with E-state index in [-0.39, 0.29) is 12.5 Å². The molecule has 0 saturated carbocycles. The molecule has 1 aliphatic heterocycles. The number of nitrogens with zero attached hydrogens (tertiary/aromatic N) is 1. The van der Waals surface area contributed by atoms with Crippen LogP contribution in [-0.4, -0.2) is 32.3 Å². The summed E-state index contributed by atoms with van der Waals surface area (Å²) in [6.45, 7) is 9.79. The van der Waals surface area contributed by atoms with Crippen molar-refractivity contribution in [3.8, 4) is 0 Å². The second-order valence-corrected chi connectivity index (χ2v) is 10.2. The highest BCUT2D eigenvalue weighted by Gasteiger charge is 2.26. The van der Waals surface area contributed by atoms with Crippen molar-refractivity contribution in [2.45, 2.75) is 45.6 Å². The Morgan fingerprint density at radius 1 is 1.03 bits per heavy atom. The van der Waals surface area contributed by atoms with Gasteiger partial charge in [-0.15, -0.1) is 0 Å². The summed E-state index contributed by atoms with van der Waals surface area (Å²) in [7, 11) is -3.59. The van der Waals surface area contributed by atoms with Crippen LogP contribution in [0.1, 0.15) is 47.3 Å². The summed E-state index contributed by atoms with van der Waals surface area (Å²) in [4.78, 5) is 15.0. The number of hydrogen-bond donors (Lipinski definition) is 1. The van der Waals surface area contributed by atoms with Crippen molar-refractivity contribution in [1.29, 1.82) is 0 Å². The van der Waals surface area contributed by atoms with Crippen molar-refractivity contribution in [3.05, 3.63) is 64.7 Å². The Hall–Kier alpha value is -2.18. The molecule has 6 heteroatoms. The summed E-state index contributed by atoms with van der Waals surface area (Å²) in [5, 5.41) is 0. The molecule has 1 heterocycles. The fraction of sp³-hybridized carbons (Fsp3) is 0.435. The molecule has 0 aromatic heterocycles. The summed E-state index contributed by atoms with van der Waals surface area (Å²) in [5.74, 6) is 1.08. The van der Waals surface area contributed by atoms with Crippen molar-refractivity contribution in [2.75, 3.05) is 13.1 Å². The number of hydrogen-bond acceptors (Lipinski definition) is 3. The average Bonchev–Trinajstić information content (AvgIpc) is 2.67. The molecular formula is C23H30N2O3S. The van der Waals surface area contributed by atoms with Crippen LogP contribution in [0.25, 0.3) is 0 Å². The van der Waals surface area contributed by atoms with Crippen molar-refractivity contribution in [1.82, 2.24) is 9.62 Å². The molecule has 1 aliphatic rings. The molecule has 29 heavy (non-hydrogen) atoms. The maximum absolute atomic E-state index is 12.8. The van der Waals surface area contributed by atoms with Crippen LogP contribution in [0.15, 0.2) is 47.4 Å². The molecule has 2 aromatic carbocycles. The molecule has 0 bridgehead atoms. The van der Waals surface area contributed by atoms with Gasteiger partial charge in [-0.25, -0.2) is 13.1 Å². The lowest BCUT2D eigenvalue weighted by atomic mass is 9.91. The number of amides is 1. The Bertz CT molecular complexity index is 974. The molecule has 5 nitrogen and oxygen atoms in total. The van der Waals surface area contributed by atoms with Crippen LogP contribution >= 0.6 is 0 Å². The van der Waals surface area contributed by atoms with Crippen molar-refractivity contribution in [2.24, 2.45) is 11.8 Å². The molecule has 0 spiro atoms. The van der Waals surface area contributed by atoms with E-state index in [0.717, 1.165) is 30.6 Å². The first kappa shape index (κ1) is 21.5. The molecule has 2 aromatic rings. The predicted octanol–water partition coefficient (Wildman–Crippen LogP) is 3.90. The number of piperidine rings is 1. The average molecular weight is 415 g/mol. The fourth-order valence-electron chi connectivity index (χ4n) is 4.03. The predicted molar refractivity (Wildman–Crippen MR) is 115 cm³/mol. The third-order valence-corrected chi connectivity index (χ3v) is 7.00. The number of rotatable bonds is 5. The van der Waals surface area contributed by atoms with Crippen molar-refractivity contribution in [3.63, 3.8) is 0 Å². The van der Waals surface area contributed by atoms with Gasteiger partial charge < -0.3 is 4.90 Å². The Morgan fingerprint density at radius 2 is 1.66 bits per heavy atom. The quantitative estimate of drug-likeness (QED) is 0.807. The van der Waals surface area contributed by atoms with E-state index in [4.69, 9.17) is 0 Å². The van der Waals surface area contributed by atoms with Gasteiger partial charge in [0.05, 0.1) is 4.90 Å². The maximum atomic E-state index is 12.8. The zero-order valence-corrected chi connectivity index (χ0v) is 18.4. The molecule has 0 aliphatic carbocycles. The minimum atomic E-state index is -3.59. The lowest BCUT2D eigenvalue weighted by Crippen LogP contribution is -2.42. The van der Waals surface area contributed by atoms with E-state index in [2.05, 4.69) is 18.6 Å². The number of benzene rings is 2. The van der Waals surface area contributed by atoms with Crippen LogP contribution in [0.5, 0.6) is 0 Å². The van der Waals surface area contributed by atoms with E-state index in [1.165, 1.54) is 0 Å². The summed E-state index contributed by atoms with van der Waals surface area (Å²) < 4.78 is 28.0. The van der Waals surface area contributed by atoms with Gasteiger partial charge in [-0.2, -0.15) is 0 Å². The summed E-state index contributed by atoms with van der Waals surface area (Å²) >= 11 is 0. The fourth-order valence-corrected chi connectivity index (χ4v) is 5.37. The number of carbonyl (C=O) groups is 1. The highest BCUT2D eigenvalue weighted by Crippen LogP contribution is 2.23. The van der Waals surface area contributed by atoms with E-state index >= 15 is 0 Å². The summed E-state index contributed by atoms with van der Waals surface area (Å²) in [5.41, 5.74) is 3.08. The summed E-state index contributed by atoms with van der Waals surface area (Å²) in [6, 6.07) is 12.6. The van der Waals surface area contributed by atoms with E-state index in [0.29, 0.717) is 27.9 Å². The van der Waals surface area contributed by atoms with Crippen LogP contribution in [-0.2, 0) is 16.6 Å². The van der Waals surface area contributed by atoms with Gasteiger partial charge in [0.25, 0.3) is 5.91 Å². The van der Waals surface area contributed by atoms with Gasteiger partial charge in [-0.3, -0.25) is 4.79 Å². The van der Waals surface area contributed by atoms with Crippen LogP contribution in [0.4, 0.5) is 0 Å². The number of likely N-dealkylation sites (tertiary alicyclic amines) is 1. The van der Waals surface area contributed by atoms with Crippen molar-refractivity contribution < 1.29 is 13.2 Å². The van der Waals surface area contributed by atoms with E-state index in [9.17, 15) is 13.2 Å². The standard InChI is InChI=1S/C23H30N2O3S/c1-16-5-6-19(4)22(12-16)29(27,28)24-13-20-7-9-21(10-8-20)23(26)25-14-17(2)11-18(3)15-25/h5-10,12,17-18,24H,11,13-15H2,1-4H3/t17-,18+. The van der Waals surface area contributed by atoms with Crippen LogP contribution in [0, 0.1) is 25.7 Å². The van der Waals surface area contributed by atoms with Gasteiger partial charge >= 0.3 is 0 Å². The Labute approximate surface area is 174 Å². The molecule has 0 unspecified atom stereocenters. The first-order valence-corrected chi connectivity index (χ1v) is 11.6. The Balaban J connectivity index is 1.66. The smallest absolute Gasteiger partial charge is 0.253 e. The zero-order valence-electron chi connectivity index (χ0n) is 17.6. The van der Waals surface area contributed by atoms with Gasteiger partial charge in [-0.1, -0.05) is 38.1 Å². The molecule has 1 amide bonds. The number of sulfonamides is 1. The number of carbonyl (C=O) groups excluding carboxylic acids is 1. The van der Waals surface area contributed by atoms with Gasteiger partial charge in [0.2, 0.25) is 10.0 Å². The highest BCUT2D eigenvalue weighted by atomic mass is 32.2. The molecular weight excluding hydrogens is 384 g/mol. The number of aryl methyl sites for hydroxylation is 2. The molecule has 3 rings (SSSR count). The first-order chi connectivity index (χ1) is 13.7. The third kappa shape index (κ3) is 5.25. The molecule has 1 saturated heterocycles. The second kappa shape index (κ2) is 8.67. The minimum absolute atomic E-state index is 0.0471. The normalized spacial score (nSPS) is 19.9. The topological polar surface area (TPSA) is 66.5 Å². The Kier molecular flexibility index (Phi) is 6.44. The largest absolute Gasteiger partial charge is 0.338 e. The van der Waals surface area contributed by atoms with Crippen LogP contribution in [0.2, 0.25) is 0 Å². The van der Waals surface area contributed by atoms with Crippen LogP contribution < -0.4 is 4.72 Å². The third-order valence-electron chi connectivity index (χ3n) is 5.46. The molecule has 156 valence electrons. The molecule has 1 N–H and O–H groups in total. The van der Waals surface area contributed by atoms with E-state index < -0.39 is 10.0 Å². The van der Waals surface area contributed by atoms with Gasteiger partial charge in [-0.05, 0) is 67.0 Å². The van der Waals surface area contributed by atoms with Crippen LogP contribution in [0.3, 0.4) is 0 Å². The van der Waals surface area contributed by atoms with Gasteiger partial charge in [0.15, 0.2) is 0 Å². The minimum Gasteiger partial charge on any atom is -0.338 e.